The highest BCUT2D eigenvalue weighted by molar-refractivity contribution is 7.88. The average molecular weight is 350 g/mol. The first-order chi connectivity index (χ1) is 11.4. The first-order valence-corrected chi connectivity index (χ1v) is 9.82. The number of aromatic amines is 1. The lowest BCUT2D eigenvalue weighted by atomic mass is 10.2. The number of fused-ring (bicyclic) bond motifs is 1. The number of hydrogen-bond acceptors (Lipinski definition) is 4. The largest absolute Gasteiger partial charge is 0.351 e. The van der Waals surface area contributed by atoms with Gasteiger partial charge >= 0.3 is 0 Å². The second-order valence-electron chi connectivity index (χ2n) is 6.03. The van der Waals surface area contributed by atoms with Crippen LogP contribution in [0.15, 0.2) is 30.3 Å². The number of piperazine rings is 1. The van der Waals surface area contributed by atoms with Crippen molar-refractivity contribution in [2.75, 3.05) is 45.5 Å². The van der Waals surface area contributed by atoms with Crippen LogP contribution in [0.1, 0.15) is 10.5 Å². The van der Waals surface area contributed by atoms with Crippen molar-refractivity contribution in [2.45, 2.75) is 0 Å². The highest BCUT2D eigenvalue weighted by atomic mass is 32.2. The molecule has 0 unspecified atom stereocenters. The van der Waals surface area contributed by atoms with Crippen molar-refractivity contribution < 1.29 is 13.2 Å². The van der Waals surface area contributed by atoms with Gasteiger partial charge in [0, 0.05) is 50.2 Å². The number of benzene rings is 1. The lowest BCUT2D eigenvalue weighted by Gasteiger charge is -2.33. The monoisotopic (exact) mass is 350 g/mol. The quantitative estimate of drug-likeness (QED) is 0.821. The maximum Gasteiger partial charge on any atom is 0.267 e. The zero-order chi connectivity index (χ0) is 17.2. The molecule has 0 aliphatic carbocycles. The van der Waals surface area contributed by atoms with Crippen molar-refractivity contribution in [1.29, 1.82) is 0 Å². The van der Waals surface area contributed by atoms with E-state index in [0.717, 1.165) is 10.9 Å². The molecule has 8 heteroatoms. The van der Waals surface area contributed by atoms with Crippen LogP contribution in [0.25, 0.3) is 10.9 Å². The van der Waals surface area contributed by atoms with E-state index in [1.807, 2.05) is 30.3 Å². The fraction of sp³-hybridized carbons (Fsp3) is 0.438. The van der Waals surface area contributed by atoms with Crippen LogP contribution in [-0.2, 0) is 10.0 Å². The van der Waals surface area contributed by atoms with Gasteiger partial charge in [0.2, 0.25) is 10.0 Å². The van der Waals surface area contributed by atoms with E-state index in [-0.39, 0.29) is 5.91 Å². The van der Waals surface area contributed by atoms with Gasteiger partial charge in [-0.25, -0.2) is 8.42 Å². The van der Waals surface area contributed by atoms with Gasteiger partial charge in [-0.3, -0.25) is 9.69 Å². The Balaban J connectivity index is 1.46. The molecule has 24 heavy (non-hydrogen) atoms. The summed E-state index contributed by atoms with van der Waals surface area (Å²) in [4.78, 5) is 17.5. The molecule has 2 aromatic rings. The van der Waals surface area contributed by atoms with Crippen molar-refractivity contribution in [3.8, 4) is 0 Å². The van der Waals surface area contributed by atoms with E-state index in [1.54, 1.807) is 0 Å². The molecule has 1 saturated heterocycles. The van der Waals surface area contributed by atoms with Gasteiger partial charge in [-0.15, -0.1) is 0 Å². The van der Waals surface area contributed by atoms with Crippen LogP contribution in [0.4, 0.5) is 0 Å². The van der Waals surface area contributed by atoms with Crippen LogP contribution in [0, 0.1) is 0 Å². The molecule has 1 aromatic heterocycles. The maximum absolute atomic E-state index is 12.2. The van der Waals surface area contributed by atoms with Gasteiger partial charge in [-0.2, -0.15) is 4.31 Å². The number of aromatic nitrogens is 1. The van der Waals surface area contributed by atoms with E-state index in [2.05, 4.69) is 15.2 Å². The summed E-state index contributed by atoms with van der Waals surface area (Å²) in [6.07, 6.45) is 1.24. The predicted octanol–water partition coefficient (Wildman–Crippen LogP) is 0.475. The zero-order valence-corrected chi connectivity index (χ0v) is 14.5. The van der Waals surface area contributed by atoms with Gasteiger partial charge in [0.25, 0.3) is 5.91 Å². The Morgan fingerprint density at radius 2 is 1.92 bits per heavy atom. The standard InChI is InChI=1S/C16H22N4O3S/c1-24(22,23)20-10-8-19(9-11-20)7-6-17-16(21)15-12-13-4-2-3-5-14(13)18-15/h2-5,12,18H,6-11H2,1H3,(H,17,21). The normalized spacial score (nSPS) is 17.2. The fourth-order valence-corrected chi connectivity index (χ4v) is 3.73. The molecule has 0 saturated carbocycles. The summed E-state index contributed by atoms with van der Waals surface area (Å²) >= 11 is 0. The molecule has 3 rings (SSSR count). The Bertz CT molecular complexity index is 790. The molecule has 2 N–H and O–H groups in total. The Kier molecular flexibility index (Phi) is 4.88. The Labute approximate surface area is 141 Å². The first-order valence-electron chi connectivity index (χ1n) is 7.97. The summed E-state index contributed by atoms with van der Waals surface area (Å²) in [7, 11) is -3.10. The van der Waals surface area contributed by atoms with E-state index in [9.17, 15) is 13.2 Å². The minimum Gasteiger partial charge on any atom is -0.351 e. The molecule has 0 spiro atoms. The van der Waals surface area contributed by atoms with E-state index in [0.29, 0.717) is 45.0 Å². The molecule has 1 amide bonds. The third-order valence-corrected chi connectivity index (χ3v) is 5.59. The Morgan fingerprint density at radius 1 is 1.21 bits per heavy atom. The van der Waals surface area contributed by atoms with E-state index >= 15 is 0 Å². The number of nitrogens with one attached hydrogen (secondary N) is 2. The molecule has 1 fully saturated rings. The van der Waals surface area contributed by atoms with Crippen LogP contribution in [0.3, 0.4) is 0 Å². The number of sulfonamides is 1. The van der Waals surface area contributed by atoms with E-state index in [1.165, 1.54) is 10.6 Å². The van der Waals surface area contributed by atoms with E-state index in [4.69, 9.17) is 0 Å². The summed E-state index contributed by atoms with van der Waals surface area (Å²) in [5, 5.41) is 3.92. The molecule has 2 heterocycles. The number of carbonyl (C=O) groups excluding carboxylic acids is 1. The predicted molar refractivity (Wildman–Crippen MR) is 93.5 cm³/mol. The highest BCUT2D eigenvalue weighted by Crippen LogP contribution is 2.14. The van der Waals surface area contributed by atoms with Crippen molar-refractivity contribution in [3.05, 3.63) is 36.0 Å². The van der Waals surface area contributed by atoms with Crippen LogP contribution >= 0.6 is 0 Å². The lowest BCUT2D eigenvalue weighted by molar-refractivity contribution is 0.0941. The molecular formula is C16H22N4O3S. The number of carbonyl (C=O) groups is 1. The lowest BCUT2D eigenvalue weighted by Crippen LogP contribution is -2.49. The van der Waals surface area contributed by atoms with Gasteiger partial charge in [0.1, 0.15) is 5.69 Å². The molecule has 7 nitrogen and oxygen atoms in total. The summed E-state index contributed by atoms with van der Waals surface area (Å²) in [6, 6.07) is 9.61. The van der Waals surface area contributed by atoms with Crippen molar-refractivity contribution >= 4 is 26.8 Å². The van der Waals surface area contributed by atoms with Crippen molar-refractivity contribution in [3.63, 3.8) is 0 Å². The maximum atomic E-state index is 12.2. The molecule has 1 aliphatic heterocycles. The summed E-state index contributed by atoms with van der Waals surface area (Å²) in [6.45, 7) is 3.64. The number of amides is 1. The SMILES string of the molecule is CS(=O)(=O)N1CCN(CCNC(=O)c2cc3ccccc3[nH]2)CC1. The summed E-state index contributed by atoms with van der Waals surface area (Å²) in [5.41, 5.74) is 1.50. The number of hydrogen-bond donors (Lipinski definition) is 2. The second-order valence-corrected chi connectivity index (χ2v) is 8.01. The Morgan fingerprint density at radius 3 is 2.58 bits per heavy atom. The molecule has 0 bridgehead atoms. The zero-order valence-electron chi connectivity index (χ0n) is 13.7. The summed E-state index contributed by atoms with van der Waals surface area (Å²) in [5.74, 6) is -0.124. The molecule has 1 aliphatic rings. The average Bonchev–Trinajstić information content (AvgIpc) is 2.98. The van der Waals surface area contributed by atoms with Gasteiger partial charge in [0.15, 0.2) is 0 Å². The molecule has 130 valence electrons. The molecular weight excluding hydrogens is 328 g/mol. The number of rotatable bonds is 5. The number of nitrogens with zero attached hydrogens (tertiary/aromatic N) is 2. The number of para-hydroxylation sites is 1. The summed E-state index contributed by atoms with van der Waals surface area (Å²) < 4.78 is 24.4. The second kappa shape index (κ2) is 6.92. The van der Waals surface area contributed by atoms with E-state index < -0.39 is 10.0 Å². The third-order valence-electron chi connectivity index (χ3n) is 4.29. The molecule has 0 radical (unpaired) electrons. The van der Waals surface area contributed by atoms with Crippen LogP contribution < -0.4 is 5.32 Å². The van der Waals surface area contributed by atoms with Gasteiger partial charge in [0.05, 0.1) is 6.26 Å². The fourth-order valence-electron chi connectivity index (χ4n) is 2.90. The third kappa shape index (κ3) is 3.95. The highest BCUT2D eigenvalue weighted by Gasteiger charge is 2.23. The Hall–Kier alpha value is -1.90. The molecule has 0 atom stereocenters. The van der Waals surface area contributed by atoms with Crippen LogP contribution in [0.2, 0.25) is 0 Å². The van der Waals surface area contributed by atoms with Crippen LogP contribution in [0.5, 0.6) is 0 Å². The van der Waals surface area contributed by atoms with Crippen molar-refractivity contribution in [2.24, 2.45) is 0 Å². The topological polar surface area (TPSA) is 85.5 Å². The molecule has 1 aromatic carbocycles. The van der Waals surface area contributed by atoms with Gasteiger partial charge < -0.3 is 10.3 Å². The van der Waals surface area contributed by atoms with Crippen molar-refractivity contribution in [1.82, 2.24) is 19.5 Å². The number of H-pyrrole nitrogens is 1. The first kappa shape index (κ1) is 16.9. The van der Waals surface area contributed by atoms with Gasteiger partial charge in [-0.05, 0) is 12.1 Å². The van der Waals surface area contributed by atoms with Gasteiger partial charge in [-0.1, -0.05) is 18.2 Å². The minimum atomic E-state index is -3.10. The smallest absolute Gasteiger partial charge is 0.267 e. The van der Waals surface area contributed by atoms with Crippen LogP contribution in [-0.4, -0.2) is 74.0 Å². The minimum absolute atomic E-state index is 0.124.